The lowest BCUT2D eigenvalue weighted by molar-refractivity contribution is 0.357. The number of halogens is 1. The van der Waals surface area contributed by atoms with Gasteiger partial charge in [0.2, 0.25) is 10.0 Å². The molecule has 1 saturated carbocycles. The monoisotopic (exact) mass is 462 g/mol. The second-order valence-electron chi connectivity index (χ2n) is 8.78. The quantitative estimate of drug-likeness (QED) is 0.446. The van der Waals surface area contributed by atoms with Crippen LogP contribution in [0.5, 0.6) is 0 Å². The molecule has 0 atom stereocenters. The van der Waals surface area contributed by atoms with Crippen molar-refractivity contribution in [2.24, 2.45) is 5.92 Å². The molecule has 2 aromatic rings. The van der Waals surface area contributed by atoms with Crippen molar-refractivity contribution in [2.75, 3.05) is 25.5 Å². The molecule has 170 valence electrons. The van der Waals surface area contributed by atoms with Gasteiger partial charge in [0, 0.05) is 31.9 Å². The van der Waals surface area contributed by atoms with Crippen LogP contribution >= 0.6 is 11.6 Å². The van der Waals surface area contributed by atoms with E-state index in [0.29, 0.717) is 17.5 Å². The van der Waals surface area contributed by atoms with E-state index in [4.69, 9.17) is 11.6 Å². The zero-order valence-corrected chi connectivity index (χ0v) is 20.5. The highest BCUT2D eigenvalue weighted by atomic mass is 35.5. The first-order valence-corrected chi connectivity index (χ1v) is 13.3. The number of hydrogen-bond donors (Lipinski definition) is 1. The fraction of sp³-hybridized carbons (Fsp3) is 0.520. The van der Waals surface area contributed by atoms with Crippen molar-refractivity contribution in [3.63, 3.8) is 0 Å². The Balaban J connectivity index is 2.18. The minimum absolute atomic E-state index is 0.194. The largest absolute Gasteiger partial charge is 0.377 e. The van der Waals surface area contributed by atoms with Crippen molar-refractivity contribution in [1.82, 2.24) is 4.72 Å². The van der Waals surface area contributed by atoms with E-state index >= 15 is 0 Å². The highest BCUT2D eigenvalue weighted by Gasteiger charge is 2.28. The Morgan fingerprint density at radius 1 is 1.10 bits per heavy atom. The summed E-state index contributed by atoms with van der Waals surface area (Å²) in [6, 6.07) is 11.9. The Labute approximate surface area is 193 Å². The maximum atomic E-state index is 13.2. The topological polar surface area (TPSA) is 49.4 Å². The molecule has 1 aliphatic rings. The molecule has 0 amide bonds. The molecular weight excluding hydrogens is 428 g/mol. The standard InChI is InChI=1S/C25H35ClN2O2S/c1-4-5-16-27-31(29,30)23-18-22(28(2)3)24(20-14-10-7-11-15-20)21(25(23)26)17-19-12-8-6-9-13-19/h7,10-11,14-15,18-19,27H,4-6,8-9,12-13,16-17H2,1-3H3. The van der Waals surface area contributed by atoms with Crippen LogP contribution in [0.3, 0.4) is 0 Å². The van der Waals surface area contributed by atoms with Crippen molar-refractivity contribution < 1.29 is 8.42 Å². The summed E-state index contributed by atoms with van der Waals surface area (Å²) in [7, 11) is 0.229. The van der Waals surface area contributed by atoms with Gasteiger partial charge in [-0.2, -0.15) is 0 Å². The van der Waals surface area contributed by atoms with Gasteiger partial charge in [-0.15, -0.1) is 0 Å². The summed E-state index contributed by atoms with van der Waals surface area (Å²) < 4.78 is 29.1. The fourth-order valence-electron chi connectivity index (χ4n) is 4.48. The molecule has 0 heterocycles. The average Bonchev–Trinajstić information content (AvgIpc) is 2.76. The summed E-state index contributed by atoms with van der Waals surface area (Å²) in [4.78, 5) is 2.19. The van der Waals surface area contributed by atoms with Crippen molar-refractivity contribution in [2.45, 2.75) is 63.2 Å². The van der Waals surface area contributed by atoms with Crippen molar-refractivity contribution >= 4 is 27.3 Å². The summed E-state index contributed by atoms with van der Waals surface area (Å²) in [5, 5.41) is 0.374. The van der Waals surface area contributed by atoms with Crippen LogP contribution in [0.15, 0.2) is 41.3 Å². The molecule has 1 fully saturated rings. The number of anilines is 1. The molecule has 1 aliphatic carbocycles. The molecule has 0 bridgehead atoms. The minimum Gasteiger partial charge on any atom is -0.377 e. The first-order chi connectivity index (χ1) is 14.8. The number of unbranched alkanes of at least 4 members (excludes halogenated alkanes) is 1. The van der Waals surface area contributed by atoms with Gasteiger partial charge in [0.1, 0.15) is 4.90 Å². The Kier molecular flexibility index (Phi) is 8.43. The Morgan fingerprint density at radius 3 is 2.39 bits per heavy atom. The third-order valence-corrected chi connectivity index (χ3v) is 8.21. The predicted octanol–water partition coefficient (Wildman–Crippen LogP) is 6.27. The summed E-state index contributed by atoms with van der Waals surface area (Å²) in [5.41, 5.74) is 3.97. The smallest absolute Gasteiger partial charge is 0.242 e. The summed E-state index contributed by atoms with van der Waals surface area (Å²) in [5.74, 6) is 0.537. The number of nitrogens with zero attached hydrogens (tertiary/aromatic N) is 1. The van der Waals surface area contributed by atoms with Crippen molar-refractivity contribution in [3.8, 4) is 11.1 Å². The summed E-state index contributed by atoms with van der Waals surface area (Å²) in [6.07, 6.45) is 8.64. The van der Waals surface area contributed by atoms with Crippen LogP contribution in [0.1, 0.15) is 57.4 Å². The van der Waals surface area contributed by atoms with Gasteiger partial charge < -0.3 is 4.90 Å². The molecule has 0 aromatic heterocycles. The molecule has 6 heteroatoms. The molecule has 3 rings (SSSR count). The molecule has 4 nitrogen and oxygen atoms in total. The number of nitrogens with one attached hydrogen (secondary N) is 1. The van der Waals surface area contributed by atoms with E-state index in [1.54, 1.807) is 6.07 Å². The number of sulfonamides is 1. The highest BCUT2D eigenvalue weighted by molar-refractivity contribution is 7.89. The lowest BCUT2D eigenvalue weighted by Crippen LogP contribution is -2.26. The highest BCUT2D eigenvalue weighted by Crippen LogP contribution is 2.43. The van der Waals surface area contributed by atoms with Gasteiger partial charge in [0.25, 0.3) is 0 Å². The van der Waals surface area contributed by atoms with E-state index in [2.05, 4.69) is 16.9 Å². The third kappa shape index (κ3) is 5.82. The van der Waals surface area contributed by atoms with E-state index in [9.17, 15) is 8.42 Å². The molecular formula is C25H35ClN2O2S. The number of rotatable bonds is 9. The third-order valence-electron chi connectivity index (χ3n) is 6.18. The van der Waals surface area contributed by atoms with Gasteiger partial charge in [-0.1, -0.05) is 87.4 Å². The van der Waals surface area contributed by atoms with Crippen molar-refractivity contribution in [3.05, 3.63) is 47.0 Å². The van der Waals surface area contributed by atoms with Gasteiger partial charge in [0.15, 0.2) is 0 Å². The Hall–Kier alpha value is -1.56. The number of hydrogen-bond acceptors (Lipinski definition) is 3. The maximum absolute atomic E-state index is 13.2. The molecule has 2 aromatic carbocycles. The van der Waals surface area contributed by atoms with Crippen LogP contribution in [0.2, 0.25) is 5.02 Å². The lowest BCUT2D eigenvalue weighted by atomic mass is 9.82. The molecule has 0 radical (unpaired) electrons. The molecule has 1 N–H and O–H groups in total. The van der Waals surface area contributed by atoms with Crippen LogP contribution in [0.4, 0.5) is 5.69 Å². The zero-order valence-electron chi connectivity index (χ0n) is 19.0. The molecule has 0 saturated heterocycles. The summed E-state index contributed by atoms with van der Waals surface area (Å²) in [6.45, 7) is 2.47. The van der Waals surface area contributed by atoms with Gasteiger partial charge >= 0.3 is 0 Å². The van der Waals surface area contributed by atoms with Crippen LogP contribution in [-0.4, -0.2) is 29.1 Å². The van der Waals surface area contributed by atoms with E-state index in [-0.39, 0.29) is 4.90 Å². The Bertz CT molecular complexity index is 969. The molecule has 0 spiro atoms. The number of benzene rings is 2. The molecule has 31 heavy (non-hydrogen) atoms. The Morgan fingerprint density at radius 2 is 1.77 bits per heavy atom. The first kappa shape index (κ1) is 24.1. The van der Waals surface area contributed by atoms with Gasteiger partial charge in [-0.25, -0.2) is 13.1 Å². The van der Waals surface area contributed by atoms with Crippen LogP contribution in [0.25, 0.3) is 11.1 Å². The first-order valence-electron chi connectivity index (χ1n) is 11.4. The van der Waals surface area contributed by atoms with E-state index < -0.39 is 10.0 Å². The van der Waals surface area contributed by atoms with Crippen LogP contribution in [-0.2, 0) is 16.4 Å². The van der Waals surface area contributed by atoms with Crippen LogP contribution < -0.4 is 9.62 Å². The maximum Gasteiger partial charge on any atom is 0.242 e. The SMILES string of the molecule is CCCCNS(=O)(=O)c1cc(N(C)C)c(-c2ccccc2)c(CC2CCCCC2)c1Cl. The normalized spacial score (nSPS) is 15.2. The molecule has 0 aliphatic heterocycles. The average molecular weight is 463 g/mol. The van der Waals surface area contributed by atoms with Gasteiger partial charge in [-0.05, 0) is 36.0 Å². The summed E-state index contributed by atoms with van der Waals surface area (Å²) >= 11 is 6.92. The molecule has 0 unspecified atom stereocenters. The van der Waals surface area contributed by atoms with Gasteiger partial charge in [-0.3, -0.25) is 0 Å². The van der Waals surface area contributed by atoms with E-state index in [1.165, 1.54) is 32.1 Å². The van der Waals surface area contributed by atoms with E-state index in [0.717, 1.165) is 41.6 Å². The fourth-order valence-corrected chi connectivity index (χ4v) is 6.21. The minimum atomic E-state index is -3.69. The van der Waals surface area contributed by atoms with Gasteiger partial charge in [0.05, 0.1) is 5.02 Å². The predicted molar refractivity (Wildman–Crippen MR) is 132 cm³/mol. The second kappa shape index (κ2) is 10.8. The van der Waals surface area contributed by atoms with Crippen molar-refractivity contribution in [1.29, 1.82) is 0 Å². The lowest BCUT2D eigenvalue weighted by Gasteiger charge is -2.28. The van der Waals surface area contributed by atoms with E-state index in [1.807, 2.05) is 44.1 Å². The van der Waals surface area contributed by atoms with Crippen LogP contribution in [0, 0.1) is 5.92 Å². The zero-order chi connectivity index (χ0) is 22.4. The second-order valence-corrected chi connectivity index (χ2v) is 10.9.